The maximum atomic E-state index is 5.20. The van der Waals surface area contributed by atoms with Crippen molar-refractivity contribution in [3.63, 3.8) is 0 Å². The zero-order valence-electron chi connectivity index (χ0n) is 11.5. The van der Waals surface area contributed by atoms with E-state index in [0.717, 1.165) is 30.9 Å². The molecule has 2 nitrogen and oxygen atoms in total. The molecule has 0 aromatic carbocycles. The Bertz CT molecular complexity index is 180. The maximum Gasteiger partial charge on any atom is 0.0465 e. The van der Waals surface area contributed by atoms with Crippen LogP contribution in [0, 0.1) is 17.8 Å². The van der Waals surface area contributed by atoms with Crippen LogP contribution < -0.4 is 5.32 Å². The molecule has 1 aliphatic carbocycles. The van der Waals surface area contributed by atoms with Crippen LogP contribution in [-0.2, 0) is 4.74 Å². The molecule has 1 saturated carbocycles. The van der Waals surface area contributed by atoms with E-state index < -0.39 is 0 Å². The van der Waals surface area contributed by atoms with E-state index in [0.29, 0.717) is 6.04 Å². The first-order chi connectivity index (χ1) is 7.70. The van der Waals surface area contributed by atoms with Gasteiger partial charge in [-0.1, -0.05) is 20.8 Å². The number of ether oxygens (including phenoxy) is 1. The number of methoxy groups -OCH3 is 1. The Morgan fingerprint density at radius 1 is 1.31 bits per heavy atom. The molecule has 2 heteroatoms. The zero-order valence-corrected chi connectivity index (χ0v) is 11.5. The van der Waals surface area contributed by atoms with Crippen LogP contribution in [0.25, 0.3) is 0 Å². The van der Waals surface area contributed by atoms with Crippen molar-refractivity contribution in [2.24, 2.45) is 17.8 Å². The lowest BCUT2D eigenvalue weighted by Crippen LogP contribution is -2.42. The van der Waals surface area contributed by atoms with Crippen molar-refractivity contribution in [2.75, 3.05) is 20.3 Å². The van der Waals surface area contributed by atoms with Crippen molar-refractivity contribution < 1.29 is 4.74 Å². The van der Waals surface area contributed by atoms with Crippen LogP contribution in [0.15, 0.2) is 0 Å². The van der Waals surface area contributed by atoms with E-state index in [2.05, 4.69) is 26.1 Å². The molecule has 3 unspecified atom stereocenters. The third-order valence-corrected chi connectivity index (χ3v) is 3.95. The van der Waals surface area contributed by atoms with E-state index in [4.69, 9.17) is 4.74 Å². The van der Waals surface area contributed by atoms with E-state index in [1.807, 2.05) is 0 Å². The van der Waals surface area contributed by atoms with E-state index in [-0.39, 0.29) is 0 Å². The molecule has 0 aromatic rings. The summed E-state index contributed by atoms with van der Waals surface area (Å²) in [5.74, 6) is 2.54. The van der Waals surface area contributed by atoms with Gasteiger partial charge in [-0.15, -0.1) is 0 Å². The average molecular weight is 227 g/mol. The molecule has 0 saturated heterocycles. The van der Waals surface area contributed by atoms with Gasteiger partial charge in [0.1, 0.15) is 0 Å². The summed E-state index contributed by atoms with van der Waals surface area (Å²) in [5, 5.41) is 3.74. The predicted molar refractivity (Wildman–Crippen MR) is 69.6 cm³/mol. The fourth-order valence-corrected chi connectivity index (χ4v) is 2.61. The van der Waals surface area contributed by atoms with Gasteiger partial charge in [-0.05, 0) is 50.0 Å². The Labute approximate surface area is 101 Å². The molecule has 0 radical (unpaired) electrons. The van der Waals surface area contributed by atoms with Crippen LogP contribution in [-0.4, -0.2) is 26.3 Å². The average Bonchev–Trinajstić information content (AvgIpc) is 3.10. The third kappa shape index (κ3) is 4.42. The molecule has 0 aliphatic heterocycles. The zero-order chi connectivity index (χ0) is 12.0. The number of rotatable bonds is 9. The number of hydrogen-bond donors (Lipinski definition) is 1. The fourth-order valence-electron chi connectivity index (χ4n) is 2.61. The second-order valence-corrected chi connectivity index (χ2v) is 5.44. The summed E-state index contributed by atoms with van der Waals surface area (Å²) in [6, 6.07) is 0.683. The molecular weight excluding hydrogens is 198 g/mol. The monoisotopic (exact) mass is 227 g/mol. The summed E-state index contributed by atoms with van der Waals surface area (Å²) < 4.78 is 5.20. The molecule has 0 aromatic heterocycles. The smallest absolute Gasteiger partial charge is 0.0465 e. The standard InChI is InChI=1S/C14H29NO/c1-5-9-15-14(11(2)8-10-16-4)12(3)13-6-7-13/h11-15H,5-10H2,1-4H3. The minimum Gasteiger partial charge on any atom is -0.385 e. The largest absolute Gasteiger partial charge is 0.385 e. The Hall–Kier alpha value is -0.0800. The van der Waals surface area contributed by atoms with Gasteiger partial charge in [-0.3, -0.25) is 0 Å². The van der Waals surface area contributed by atoms with Crippen molar-refractivity contribution in [3.8, 4) is 0 Å². The van der Waals surface area contributed by atoms with Gasteiger partial charge in [-0.2, -0.15) is 0 Å². The van der Waals surface area contributed by atoms with Gasteiger partial charge < -0.3 is 10.1 Å². The Balaban J connectivity index is 2.40. The molecule has 1 aliphatic rings. The Morgan fingerprint density at radius 3 is 2.50 bits per heavy atom. The van der Waals surface area contributed by atoms with Gasteiger partial charge >= 0.3 is 0 Å². The summed E-state index contributed by atoms with van der Waals surface area (Å²) in [5.41, 5.74) is 0. The number of hydrogen-bond acceptors (Lipinski definition) is 2. The van der Waals surface area contributed by atoms with Crippen molar-refractivity contribution in [1.29, 1.82) is 0 Å². The van der Waals surface area contributed by atoms with Gasteiger partial charge in [0.25, 0.3) is 0 Å². The van der Waals surface area contributed by atoms with Crippen molar-refractivity contribution in [3.05, 3.63) is 0 Å². The van der Waals surface area contributed by atoms with Crippen LogP contribution in [0.2, 0.25) is 0 Å². The van der Waals surface area contributed by atoms with Crippen LogP contribution in [0.5, 0.6) is 0 Å². The van der Waals surface area contributed by atoms with Gasteiger partial charge in [-0.25, -0.2) is 0 Å². The lowest BCUT2D eigenvalue weighted by atomic mass is 9.85. The molecule has 16 heavy (non-hydrogen) atoms. The topological polar surface area (TPSA) is 21.3 Å². The molecule has 0 amide bonds. The first-order valence-electron chi connectivity index (χ1n) is 6.93. The summed E-state index contributed by atoms with van der Waals surface area (Å²) in [4.78, 5) is 0. The van der Waals surface area contributed by atoms with E-state index in [9.17, 15) is 0 Å². The van der Waals surface area contributed by atoms with Crippen LogP contribution >= 0.6 is 0 Å². The summed E-state index contributed by atoms with van der Waals surface area (Å²) >= 11 is 0. The summed E-state index contributed by atoms with van der Waals surface area (Å²) in [6.07, 6.45) is 5.30. The molecule has 0 spiro atoms. The van der Waals surface area contributed by atoms with Crippen molar-refractivity contribution in [1.82, 2.24) is 5.32 Å². The first-order valence-corrected chi connectivity index (χ1v) is 6.93. The highest BCUT2D eigenvalue weighted by molar-refractivity contribution is 4.88. The van der Waals surface area contributed by atoms with Crippen LogP contribution in [0.1, 0.15) is 46.5 Å². The van der Waals surface area contributed by atoms with Crippen LogP contribution in [0.3, 0.4) is 0 Å². The molecule has 1 fully saturated rings. The second kappa shape index (κ2) is 7.29. The molecule has 1 N–H and O–H groups in total. The van der Waals surface area contributed by atoms with Gasteiger partial charge in [0.2, 0.25) is 0 Å². The highest BCUT2D eigenvalue weighted by Gasteiger charge is 2.35. The van der Waals surface area contributed by atoms with E-state index >= 15 is 0 Å². The minimum absolute atomic E-state index is 0.683. The van der Waals surface area contributed by atoms with Crippen LogP contribution in [0.4, 0.5) is 0 Å². The second-order valence-electron chi connectivity index (χ2n) is 5.44. The Kier molecular flexibility index (Phi) is 6.37. The quantitative estimate of drug-likeness (QED) is 0.653. The predicted octanol–water partition coefficient (Wildman–Crippen LogP) is 3.07. The molecule has 0 bridgehead atoms. The molecule has 0 heterocycles. The SMILES string of the molecule is CCCNC(C(C)CCOC)C(C)C1CC1. The Morgan fingerprint density at radius 2 is 2.00 bits per heavy atom. The first kappa shape index (κ1) is 14.0. The fraction of sp³-hybridized carbons (Fsp3) is 1.00. The van der Waals surface area contributed by atoms with E-state index in [1.165, 1.54) is 25.7 Å². The third-order valence-electron chi connectivity index (χ3n) is 3.95. The molecular formula is C14H29NO. The summed E-state index contributed by atoms with van der Waals surface area (Å²) in [6.45, 7) is 9.08. The maximum absolute atomic E-state index is 5.20. The minimum atomic E-state index is 0.683. The van der Waals surface area contributed by atoms with Crippen molar-refractivity contribution in [2.45, 2.75) is 52.5 Å². The number of nitrogens with one attached hydrogen (secondary N) is 1. The van der Waals surface area contributed by atoms with Gasteiger partial charge in [0, 0.05) is 19.8 Å². The lowest BCUT2D eigenvalue weighted by molar-refractivity contribution is 0.156. The highest BCUT2D eigenvalue weighted by Crippen LogP contribution is 2.40. The molecule has 96 valence electrons. The normalized spacial score (nSPS) is 21.8. The van der Waals surface area contributed by atoms with Crippen molar-refractivity contribution >= 4 is 0 Å². The lowest BCUT2D eigenvalue weighted by Gasteiger charge is -2.31. The molecule has 1 rings (SSSR count). The highest BCUT2D eigenvalue weighted by atomic mass is 16.5. The summed E-state index contributed by atoms with van der Waals surface area (Å²) in [7, 11) is 1.80. The van der Waals surface area contributed by atoms with E-state index in [1.54, 1.807) is 7.11 Å². The van der Waals surface area contributed by atoms with Gasteiger partial charge in [0.15, 0.2) is 0 Å². The van der Waals surface area contributed by atoms with Gasteiger partial charge in [0.05, 0.1) is 0 Å². The molecule has 3 atom stereocenters.